The Morgan fingerprint density at radius 1 is 1.75 bits per heavy atom. The maximum atomic E-state index is 6.86. The highest BCUT2D eigenvalue weighted by molar-refractivity contribution is 5.79. The molecule has 0 bridgehead atoms. The van der Waals surface area contributed by atoms with E-state index in [-0.39, 0.29) is 5.84 Å². The van der Waals surface area contributed by atoms with Gasteiger partial charge in [0.2, 0.25) is 0 Å². The van der Waals surface area contributed by atoms with Gasteiger partial charge in [-0.3, -0.25) is 5.41 Å². The molecular weight excluding hydrogens is 100 g/mol. The van der Waals surface area contributed by atoms with E-state index >= 15 is 0 Å². The van der Waals surface area contributed by atoms with Gasteiger partial charge in [0.25, 0.3) is 0 Å². The van der Waals surface area contributed by atoms with Crippen LogP contribution in [0.3, 0.4) is 0 Å². The third-order valence-corrected chi connectivity index (χ3v) is 0.962. The van der Waals surface area contributed by atoms with Crippen molar-refractivity contribution in [2.45, 2.75) is 20.3 Å². The van der Waals surface area contributed by atoms with Crippen molar-refractivity contribution in [2.75, 3.05) is 0 Å². The zero-order valence-electron chi connectivity index (χ0n) is 5.36. The number of hydrogen-bond acceptors (Lipinski definition) is 1. The lowest BCUT2D eigenvalue weighted by molar-refractivity contribution is 1.19. The fourth-order valence-electron chi connectivity index (χ4n) is 0.402. The Bertz CT molecular complexity index is 114. The second-order valence-corrected chi connectivity index (χ2v) is 1.84. The van der Waals surface area contributed by atoms with E-state index in [1.165, 1.54) is 0 Å². The van der Waals surface area contributed by atoms with Crippen LogP contribution < -0.4 is 5.73 Å². The van der Waals surface area contributed by atoms with Crippen molar-refractivity contribution in [1.82, 2.24) is 0 Å². The number of amidine groups is 1. The first kappa shape index (κ1) is 7.21. The number of nitrogens with one attached hydrogen (secondary N) is 1. The molecule has 0 spiro atoms. The van der Waals surface area contributed by atoms with Gasteiger partial charge in [0.05, 0.1) is 5.84 Å². The molecule has 2 nitrogen and oxygen atoms in total. The summed E-state index contributed by atoms with van der Waals surface area (Å²) in [5.41, 5.74) is 6.26. The Labute approximate surface area is 49.9 Å². The van der Waals surface area contributed by atoms with E-state index in [1.807, 2.05) is 19.9 Å². The molecule has 0 unspecified atom stereocenters. The van der Waals surface area contributed by atoms with Crippen LogP contribution in [0.15, 0.2) is 11.6 Å². The van der Waals surface area contributed by atoms with Crippen LogP contribution in [0.25, 0.3) is 0 Å². The number of allylic oxidation sites excluding steroid dienone is 1. The largest absolute Gasteiger partial charge is 0.387 e. The monoisotopic (exact) mass is 112 g/mol. The maximum absolute atomic E-state index is 6.86. The highest BCUT2D eigenvalue weighted by atomic mass is 14.7. The third-order valence-electron chi connectivity index (χ3n) is 0.962. The summed E-state index contributed by atoms with van der Waals surface area (Å²) < 4.78 is 0. The molecule has 2 heteroatoms. The summed E-state index contributed by atoms with van der Waals surface area (Å²) in [6, 6.07) is 0. The number of rotatable bonds is 2. The van der Waals surface area contributed by atoms with Gasteiger partial charge in [-0.2, -0.15) is 0 Å². The molecule has 0 aliphatic rings. The predicted octanol–water partition coefficient (Wildman–Crippen LogP) is 1.28. The molecule has 0 heterocycles. The minimum atomic E-state index is 0.237. The second-order valence-electron chi connectivity index (χ2n) is 1.84. The molecule has 0 aliphatic heterocycles. The lowest BCUT2D eigenvalue weighted by Crippen LogP contribution is -2.08. The van der Waals surface area contributed by atoms with Gasteiger partial charge in [0.15, 0.2) is 0 Å². The first-order chi connectivity index (χ1) is 3.66. The minimum Gasteiger partial charge on any atom is -0.387 e. The molecule has 0 amide bonds. The SMILES string of the molecule is C/C=C(\C)CC(=N)N. The van der Waals surface area contributed by atoms with E-state index in [9.17, 15) is 0 Å². The van der Waals surface area contributed by atoms with E-state index in [2.05, 4.69) is 0 Å². The van der Waals surface area contributed by atoms with E-state index in [0.29, 0.717) is 6.42 Å². The highest BCUT2D eigenvalue weighted by Gasteiger charge is 1.87. The smallest absolute Gasteiger partial charge is 0.0946 e. The molecular formula is C6H12N2. The van der Waals surface area contributed by atoms with Crippen LogP contribution in [-0.4, -0.2) is 5.84 Å². The molecule has 0 aromatic carbocycles. The van der Waals surface area contributed by atoms with E-state index in [4.69, 9.17) is 11.1 Å². The van der Waals surface area contributed by atoms with Crippen molar-refractivity contribution in [2.24, 2.45) is 5.73 Å². The van der Waals surface area contributed by atoms with Gasteiger partial charge >= 0.3 is 0 Å². The van der Waals surface area contributed by atoms with Crippen molar-refractivity contribution in [1.29, 1.82) is 5.41 Å². The number of hydrogen-bond donors (Lipinski definition) is 2. The molecule has 8 heavy (non-hydrogen) atoms. The Morgan fingerprint density at radius 2 is 2.25 bits per heavy atom. The summed E-state index contributed by atoms with van der Waals surface area (Å²) in [5, 5.41) is 6.86. The fraction of sp³-hybridized carbons (Fsp3) is 0.500. The van der Waals surface area contributed by atoms with Crippen molar-refractivity contribution < 1.29 is 0 Å². The van der Waals surface area contributed by atoms with Crippen LogP contribution in [0.2, 0.25) is 0 Å². The summed E-state index contributed by atoms with van der Waals surface area (Å²) in [6.45, 7) is 3.90. The lowest BCUT2D eigenvalue weighted by Gasteiger charge is -1.94. The van der Waals surface area contributed by atoms with Gasteiger partial charge in [0, 0.05) is 6.42 Å². The van der Waals surface area contributed by atoms with Gasteiger partial charge < -0.3 is 5.73 Å². The van der Waals surface area contributed by atoms with Crippen LogP contribution in [-0.2, 0) is 0 Å². The molecule has 0 aromatic rings. The summed E-state index contributed by atoms with van der Waals surface area (Å²) >= 11 is 0. The Kier molecular flexibility index (Phi) is 2.92. The molecule has 0 rings (SSSR count). The van der Waals surface area contributed by atoms with Gasteiger partial charge in [-0.15, -0.1) is 0 Å². The average Bonchev–Trinajstić information content (AvgIpc) is 1.65. The summed E-state index contributed by atoms with van der Waals surface area (Å²) in [4.78, 5) is 0. The average molecular weight is 112 g/mol. The molecule has 0 aromatic heterocycles. The quantitative estimate of drug-likeness (QED) is 0.315. The van der Waals surface area contributed by atoms with Gasteiger partial charge in [-0.1, -0.05) is 11.6 Å². The number of nitrogens with two attached hydrogens (primary N) is 1. The Morgan fingerprint density at radius 3 is 2.38 bits per heavy atom. The summed E-state index contributed by atoms with van der Waals surface area (Å²) in [7, 11) is 0. The van der Waals surface area contributed by atoms with Crippen molar-refractivity contribution in [3.05, 3.63) is 11.6 Å². The van der Waals surface area contributed by atoms with Crippen molar-refractivity contribution >= 4 is 5.84 Å². The highest BCUT2D eigenvalue weighted by Crippen LogP contribution is 1.95. The summed E-state index contributed by atoms with van der Waals surface area (Å²) in [6.07, 6.45) is 2.57. The van der Waals surface area contributed by atoms with Gasteiger partial charge in [-0.25, -0.2) is 0 Å². The van der Waals surface area contributed by atoms with Gasteiger partial charge in [-0.05, 0) is 13.8 Å². The van der Waals surface area contributed by atoms with Crippen LogP contribution in [0.1, 0.15) is 20.3 Å². The van der Waals surface area contributed by atoms with Gasteiger partial charge in [0.1, 0.15) is 0 Å². The normalized spacial score (nSPS) is 11.5. The molecule has 0 saturated heterocycles. The molecule has 0 atom stereocenters. The molecule has 0 radical (unpaired) electrons. The molecule has 0 fully saturated rings. The van der Waals surface area contributed by atoms with E-state index in [1.54, 1.807) is 0 Å². The molecule has 0 saturated carbocycles. The molecule has 0 aliphatic carbocycles. The first-order valence-electron chi connectivity index (χ1n) is 2.61. The summed E-state index contributed by atoms with van der Waals surface area (Å²) in [5.74, 6) is 0.237. The lowest BCUT2D eigenvalue weighted by atomic mass is 10.2. The maximum Gasteiger partial charge on any atom is 0.0946 e. The zero-order chi connectivity index (χ0) is 6.57. The Hall–Kier alpha value is -0.790. The zero-order valence-corrected chi connectivity index (χ0v) is 5.36. The van der Waals surface area contributed by atoms with Crippen LogP contribution >= 0.6 is 0 Å². The van der Waals surface area contributed by atoms with E-state index in [0.717, 1.165) is 5.57 Å². The van der Waals surface area contributed by atoms with E-state index < -0.39 is 0 Å². The second kappa shape index (κ2) is 3.24. The molecule has 46 valence electrons. The predicted molar refractivity (Wildman–Crippen MR) is 36.0 cm³/mol. The van der Waals surface area contributed by atoms with Crippen molar-refractivity contribution in [3.63, 3.8) is 0 Å². The minimum absolute atomic E-state index is 0.237. The first-order valence-corrected chi connectivity index (χ1v) is 2.61. The van der Waals surface area contributed by atoms with Crippen LogP contribution in [0, 0.1) is 5.41 Å². The fourth-order valence-corrected chi connectivity index (χ4v) is 0.402. The third kappa shape index (κ3) is 3.40. The van der Waals surface area contributed by atoms with Crippen LogP contribution in [0.5, 0.6) is 0 Å². The standard InChI is InChI=1S/C6H12N2/c1-3-5(2)4-6(7)8/h3H,4H2,1-2H3,(H3,7,8)/b5-3+. The Balaban J connectivity index is 3.56. The molecule has 3 N–H and O–H groups in total. The van der Waals surface area contributed by atoms with Crippen molar-refractivity contribution in [3.8, 4) is 0 Å². The van der Waals surface area contributed by atoms with Crippen LogP contribution in [0.4, 0.5) is 0 Å². The topological polar surface area (TPSA) is 49.9 Å².